The van der Waals surface area contributed by atoms with Crippen LogP contribution in [0.3, 0.4) is 0 Å². The van der Waals surface area contributed by atoms with E-state index in [-0.39, 0.29) is 12.7 Å². The average Bonchev–Trinajstić information content (AvgIpc) is 2.38. The molecule has 6 heteroatoms. The molecule has 0 radical (unpaired) electrons. The fourth-order valence-electron chi connectivity index (χ4n) is 1.97. The molecule has 3 N–H and O–H groups in total. The summed E-state index contributed by atoms with van der Waals surface area (Å²) < 4.78 is 5.50. The maximum atomic E-state index is 8.69. The Balaban J connectivity index is 1.84. The van der Waals surface area contributed by atoms with Crippen molar-refractivity contribution in [3.63, 3.8) is 0 Å². The van der Waals surface area contributed by atoms with Crippen molar-refractivity contribution in [2.75, 3.05) is 36.9 Å². The van der Waals surface area contributed by atoms with Crippen molar-refractivity contribution < 1.29 is 9.84 Å². The lowest BCUT2D eigenvalue weighted by atomic mass is 10.1. The lowest BCUT2D eigenvalue weighted by Gasteiger charge is -2.32. The molecule has 1 aromatic rings. The largest absolute Gasteiger partial charge is 0.394 e. The van der Waals surface area contributed by atoms with Gasteiger partial charge in [0.25, 0.3) is 0 Å². The Morgan fingerprint density at radius 1 is 1.35 bits per heavy atom. The maximum absolute atomic E-state index is 8.69. The predicted octanol–water partition coefficient (Wildman–Crippen LogP) is 0.0365. The van der Waals surface area contributed by atoms with Crippen LogP contribution in [-0.4, -0.2) is 47.5 Å². The third kappa shape index (κ3) is 3.28. The van der Waals surface area contributed by atoms with E-state index in [0.717, 1.165) is 31.7 Å². The fourth-order valence-corrected chi connectivity index (χ4v) is 1.97. The first-order valence-electron chi connectivity index (χ1n) is 5.84. The number of aliphatic hydroxyl groups is 1. The molecular formula is C11H18N4O2. The summed E-state index contributed by atoms with van der Waals surface area (Å²) in [5, 5.41) is 8.69. The van der Waals surface area contributed by atoms with Gasteiger partial charge in [-0.3, -0.25) is 0 Å². The lowest BCUT2D eigenvalue weighted by Crippen LogP contribution is -2.37. The molecule has 2 heterocycles. The Hall–Kier alpha value is -1.40. The maximum Gasteiger partial charge on any atom is 0.147 e. The number of nitrogen functional groups attached to an aromatic ring is 1. The molecule has 0 bridgehead atoms. The molecule has 17 heavy (non-hydrogen) atoms. The molecule has 1 aliphatic heterocycles. The van der Waals surface area contributed by atoms with Crippen LogP contribution in [0.5, 0.6) is 0 Å². The van der Waals surface area contributed by atoms with Crippen LogP contribution >= 0.6 is 0 Å². The van der Waals surface area contributed by atoms with Crippen molar-refractivity contribution in [3.05, 3.63) is 12.4 Å². The molecule has 0 amide bonds. The summed E-state index contributed by atoms with van der Waals surface area (Å²) in [5.74, 6) is 1.30. The topological polar surface area (TPSA) is 84.5 Å². The third-order valence-electron chi connectivity index (χ3n) is 2.87. The van der Waals surface area contributed by atoms with Crippen molar-refractivity contribution in [1.82, 2.24) is 9.97 Å². The summed E-state index contributed by atoms with van der Waals surface area (Å²) in [7, 11) is 0. The third-order valence-corrected chi connectivity index (χ3v) is 2.87. The van der Waals surface area contributed by atoms with Gasteiger partial charge in [-0.1, -0.05) is 0 Å². The van der Waals surface area contributed by atoms with Crippen molar-refractivity contribution in [2.24, 2.45) is 0 Å². The molecule has 0 aromatic carbocycles. The number of hydrogen-bond acceptors (Lipinski definition) is 6. The monoisotopic (exact) mass is 238 g/mol. The van der Waals surface area contributed by atoms with Gasteiger partial charge in [-0.2, -0.15) is 0 Å². The molecule has 1 aromatic heterocycles. The van der Waals surface area contributed by atoms with E-state index >= 15 is 0 Å². The Kier molecular flexibility index (Phi) is 4.11. The van der Waals surface area contributed by atoms with Gasteiger partial charge in [-0.15, -0.1) is 0 Å². The van der Waals surface area contributed by atoms with Gasteiger partial charge in [-0.05, 0) is 12.8 Å². The van der Waals surface area contributed by atoms with Crippen LogP contribution in [0, 0.1) is 0 Å². The minimum absolute atomic E-state index is 0.0870. The minimum atomic E-state index is 0.0870. The molecule has 0 aliphatic carbocycles. The minimum Gasteiger partial charge on any atom is -0.394 e. The van der Waals surface area contributed by atoms with Gasteiger partial charge in [0, 0.05) is 13.1 Å². The highest BCUT2D eigenvalue weighted by Crippen LogP contribution is 2.18. The standard InChI is InChI=1S/C11H18N4O2/c12-10-7-14-11(8-13-10)15-3-1-9(2-4-15)17-6-5-16/h7-9,16H,1-6H2,(H2,12,13). The highest BCUT2D eigenvalue weighted by molar-refractivity contribution is 5.39. The predicted molar refractivity (Wildman–Crippen MR) is 64.7 cm³/mol. The fraction of sp³-hybridized carbons (Fsp3) is 0.636. The van der Waals surface area contributed by atoms with E-state index in [2.05, 4.69) is 14.9 Å². The molecule has 0 spiro atoms. The SMILES string of the molecule is Nc1cnc(N2CCC(OCCO)CC2)cn1. The number of piperidine rings is 1. The number of nitrogens with two attached hydrogens (primary N) is 1. The molecule has 0 unspecified atom stereocenters. The summed E-state index contributed by atoms with van der Waals surface area (Å²) >= 11 is 0. The zero-order valence-electron chi connectivity index (χ0n) is 9.75. The second kappa shape index (κ2) is 5.79. The number of anilines is 2. The van der Waals surface area contributed by atoms with E-state index in [0.29, 0.717) is 12.4 Å². The molecule has 0 saturated carbocycles. The second-order valence-electron chi connectivity index (χ2n) is 4.08. The Morgan fingerprint density at radius 2 is 2.12 bits per heavy atom. The van der Waals surface area contributed by atoms with E-state index in [4.69, 9.17) is 15.6 Å². The van der Waals surface area contributed by atoms with Crippen molar-refractivity contribution in [3.8, 4) is 0 Å². The Bertz CT molecular complexity index is 336. The van der Waals surface area contributed by atoms with Crippen LogP contribution in [0.4, 0.5) is 11.6 Å². The van der Waals surface area contributed by atoms with Gasteiger partial charge >= 0.3 is 0 Å². The first-order valence-corrected chi connectivity index (χ1v) is 5.84. The van der Waals surface area contributed by atoms with Crippen LogP contribution in [0.2, 0.25) is 0 Å². The molecule has 2 rings (SSSR count). The number of nitrogens with zero attached hydrogens (tertiary/aromatic N) is 3. The molecule has 94 valence electrons. The zero-order valence-corrected chi connectivity index (χ0v) is 9.75. The van der Waals surface area contributed by atoms with Gasteiger partial charge < -0.3 is 20.5 Å². The van der Waals surface area contributed by atoms with Crippen LogP contribution in [0.1, 0.15) is 12.8 Å². The van der Waals surface area contributed by atoms with Crippen molar-refractivity contribution in [1.29, 1.82) is 0 Å². The quantitative estimate of drug-likeness (QED) is 0.770. The van der Waals surface area contributed by atoms with Gasteiger partial charge in [0.05, 0.1) is 31.7 Å². The number of hydrogen-bond donors (Lipinski definition) is 2. The molecule has 6 nitrogen and oxygen atoms in total. The number of aromatic nitrogens is 2. The van der Waals surface area contributed by atoms with E-state index in [1.165, 1.54) is 0 Å². The zero-order chi connectivity index (χ0) is 12.1. The molecular weight excluding hydrogens is 220 g/mol. The van der Waals surface area contributed by atoms with Crippen molar-refractivity contribution >= 4 is 11.6 Å². The van der Waals surface area contributed by atoms with E-state index in [1.807, 2.05) is 0 Å². The lowest BCUT2D eigenvalue weighted by molar-refractivity contribution is 0.0158. The molecule has 1 saturated heterocycles. The van der Waals surface area contributed by atoms with Gasteiger partial charge in [0.2, 0.25) is 0 Å². The first-order chi connectivity index (χ1) is 8.29. The average molecular weight is 238 g/mol. The number of ether oxygens (including phenoxy) is 1. The molecule has 1 aliphatic rings. The smallest absolute Gasteiger partial charge is 0.147 e. The molecule has 0 atom stereocenters. The van der Waals surface area contributed by atoms with Gasteiger partial charge in [0.15, 0.2) is 0 Å². The van der Waals surface area contributed by atoms with Gasteiger partial charge in [0.1, 0.15) is 11.6 Å². The van der Waals surface area contributed by atoms with Crippen LogP contribution in [-0.2, 0) is 4.74 Å². The molecule has 1 fully saturated rings. The first kappa shape index (κ1) is 12.1. The van der Waals surface area contributed by atoms with Crippen molar-refractivity contribution in [2.45, 2.75) is 18.9 Å². The summed E-state index contributed by atoms with van der Waals surface area (Å²) in [6.45, 7) is 2.30. The highest BCUT2D eigenvalue weighted by Gasteiger charge is 2.20. The van der Waals surface area contributed by atoms with Gasteiger partial charge in [-0.25, -0.2) is 9.97 Å². The van der Waals surface area contributed by atoms with E-state index in [9.17, 15) is 0 Å². The summed E-state index contributed by atoms with van der Waals surface area (Å²) in [6, 6.07) is 0. The van der Waals surface area contributed by atoms with Crippen LogP contribution in [0.15, 0.2) is 12.4 Å². The van der Waals surface area contributed by atoms with E-state index in [1.54, 1.807) is 12.4 Å². The summed E-state index contributed by atoms with van der Waals surface area (Å²) in [5.41, 5.74) is 5.50. The number of rotatable bonds is 4. The second-order valence-corrected chi connectivity index (χ2v) is 4.08. The van der Waals surface area contributed by atoms with Crippen LogP contribution < -0.4 is 10.6 Å². The van der Waals surface area contributed by atoms with Crippen LogP contribution in [0.25, 0.3) is 0 Å². The normalized spacial score (nSPS) is 17.4. The van der Waals surface area contributed by atoms with E-state index < -0.39 is 0 Å². The summed E-state index contributed by atoms with van der Waals surface area (Å²) in [4.78, 5) is 10.5. The Morgan fingerprint density at radius 3 is 2.71 bits per heavy atom. The Labute approximate surface area is 100 Å². The summed E-state index contributed by atoms with van der Waals surface area (Å²) in [6.07, 6.45) is 5.42. The number of aliphatic hydroxyl groups excluding tert-OH is 1. The highest BCUT2D eigenvalue weighted by atomic mass is 16.5.